The highest BCUT2D eigenvalue weighted by Crippen LogP contribution is 2.26. The number of rotatable bonds is 7. The normalized spacial score (nSPS) is 11.8. The highest BCUT2D eigenvalue weighted by molar-refractivity contribution is 5.71. The third-order valence-corrected chi connectivity index (χ3v) is 3.75. The van der Waals surface area contributed by atoms with Crippen LogP contribution in [0.4, 0.5) is 5.69 Å². The fourth-order valence-electron chi connectivity index (χ4n) is 2.42. The van der Waals surface area contributed by atoms with Crippen molar-refractivity contribution in [3.05, 3.63) is 69.8 Å². The molecule has 0 unspecified atom stereocenters. The number of esters is 1. The van der Waals surface area contributed by atoms with Crippen LogP contribution in [0.25, 0.3) is 0 Å². The molecule has 0 aromatic heterocycles. The van der Waals surface area contributed by atoms with Crippen molar-refractivity contribution in [3.8, 4) is 5.75 Å². The van der Waals surface area contributed by atoms with E-state index in [9.17, 15) is 14.9 Å². The first-order valence-electron chi connectivity index (χ1n) is 8.04. The van der Waals surface area contributed by atoms with Gasteiger partial charge in [0.05, 0.1) is 4.92 Å². The van der Waals surface area contributed by atoms with Crippen LogP contribution in [-0.2, 0) is 9.53 Å². The lowest BCUT2D eigenvalue weighted by Crippen LogP contribution is -2.17. The summed E-state index contributed by atoms with van der Waals surface area (Å²) in [5.74, 6) is 0.394. The average molecular weight is 343 g/mol. The van der Waals surface area contributed by atoms with Crippen molar-refractivity contribution in [2.24, 2.45) is 0 Å². The first kappa shape index (κ1) is 18.4. The Hall–Kier alpha value is -2.89. The molecule has 0 bridgehead atoms. The first-order valence-corrected chi connectivity index (χ1v) is 8.04. The minimum Gasteiger partial charge on any atom is -0.482 e. The van der Waals surface area contributed by atoms with E-state index in [2.05, 4.69) is 0 Å². The Labute approximate surface area is 146 Å². The minimum atomic E-state index is -0.601. The van der Waals surface area contributed by atoms with E-state index in [1.165, 1.54) is 12.1 Å². The van der Waals surface area contributed by atoms with Gasteiger partial charge in [-0.3, -0.25) is 10.1 Å². The van der Waals surface area contributed by atoms with Crippen molar-refractivity contribution in [1.29, 1.82) is 0 Å². The topological polar surface area (TPSA) is 78.7 Å². The molecule has 0 saturated heterocycles. The van der Waals surface area contributed by atoms with Gasteiger partial charge in [0.25, 0.3) is 5.69 Å². The number of nitro benzene ring substituents is 1. The molecule has 0 amide bonds. The zero-order valence-electron chi connectivity index (χ0n) is 14.5. The van der Waals surface area contributed by atoms with E-state index >= 15 is 0 Å². The molecule has 6 heteroatoms. The second kappa shape index (κ2) is 8.28. The fraction of sp³-hybridized carbons (Fsp3) is 0.316. The lowest BCUT2D eigenvalue weighted by molar-refractivity contribution is -0.385. The molecular weight excluding hydrogens is 322 g/mol. The number of carbonyl (C=O) groups is 1. The third-order valence-electron chi connectivity index (χ3n) is 3.75. The van der Waals surface area contributed by atoms with Crippen molar-refractivity contribution < 1.29 is 19.2 Å². The lowest BCUT2D eigenvalue weighted by Gasteiger charge is -2.16. The second-order valence-electron chi connectivity index (χ2n) is 5.97. The summed E-state index contributed by atoms with van der Waals surface area (Å²) in [5, 5.41) is 10.8. The van der Waals surface area contributed by atoms with E-state index in [1.807, 2.05) is 38.1 Å². The van der Waals surface area contributed by atoms with Gasteiger partial charge in [0.15, 0.2) is 6.61 Å². The first-order chi connectivity index (χ1) is 11.9. The second-order valence-corrected chi connectivity index (χ2v) is 5.97. The molecule has 2 rings (SSSR count). The van der Waals surface area contributed by atoms with Gasteiger partial charge in [-0.2, -0.15) is 0 Å². The maximum Gasteiger partial charge on any atom is 0.344 e. The van der Waals surface area contributed by atoms with Gasteiger partial charge >= 0.3 is 5.97 Å². The van der Waals surface area contributed by atoms with Crippen molar-refractivity contribution in [3.63, 3.8) is 0 Å². The monoisotopic (exact) mass is 343 g/mol. The number of hydrogen-bond acceptors (Lipinski definition) is 5. The molecule has 1 atom stereocenters. The van der Waals surface area contributed by atoms with Crippen LogP contribution >= 0.6 is 0 Å². The van der Waals surface area contributed by atoms with Gasteiger partial charge in [-0.15, -0.1) is 0 Å². The maximum atomic E-state index is 12.0. The number of nitro groups is 1. The summed E-state index contributed by atoms with van der Waals surface area (Å²) < 4.78 is 10.9. The summed E-state index contributed by atoms with van der Waals surface area (Å²) >= 11 is 0. The Morgan fingerprint density at radius 2 is 1.84 bits per heavy atom. The zero-order chi connectivity index (χ0) is 18.4. The molecule has 132 valence electrons. The van der Waals surface area contributed by atoms with Crippen LogP contribution in [-0.4, -0.2) is 17.5 Å². The van der Waals surface area contributed by atoms with Crippen LogP contribution in [0.1, 0.15) is 43.9 Å². The number of hydrogen-bond donors (Lipinski definition) is 0. The molecule has 0 fully saturated rings. The zero-order valence-corrected chi connectivity index (χ0v) is 14.5. The molecule has 0 aliphatic rings. The molecule has 0 N–H and O–H groups in total. The smallest absolute Gasteiger partial charge is 0.344 e. The molecule has 0 spiro atoms. The van der Waals surface area contributed by atoms with Crippen LogP contribution in [0, 0.1) is 10.1 Å². The van der Waals surface area contributed by atoms with Gasteiger partial charge in [-0.05, 0) is 30.0 Å². The Morgan fingerprint density at radius 3 is 2.52 bits per heavy atom. The molecule has 0 radical (unpaired) electrons. The summed E-state index contributed by atoms with van der Waals surface area (Å²) in [5.41, 5.74) is 1.54. The lowest BCUT2D eigenvalue weighted by atomic mass is 10.0. The van der Waals surface area contributed by atoms with Crippen LogP contribution in [0.3, 0.4) is 0 Å². The van der Waals surface area contributed by atoms with E-state index < -0.39 is 17.0 Å². The average Bonchev–Trinajstić information content (AvgIpc) is 2.60. The van der Waals surface area contributed by atoms with Crippen LogP contribution in [0.5, 0.6) is 5.75 Å². The molecule has 2 aromatic carbocycles. The third kappa shape index (κ3) is 5.04. The van der Waals surface area contributed by atoms with Crippen molar-refractivity contribution in [2.75, 3.05) is 6.61 Å². The molecular formula is C19H21NO5. The fourth-order valence-corrected chi connectivity index (χ4v) is 2.42. The summed E-state index contributed by atoms with van der Waals surface area (Å²) in [6, 6.07) is 13.6. The quantitative estimate of drug-likeness (QED) is 0.423. The van der Waals surface area contributed by atoms with Gasteiger partial charge < -0.3 is 9.47 Å². The summed E-state index contributed by atoms with van der Waals surface area (Å²) in [6.07, 6.45) is -0.601. The Kier molecular flexibility index (Phi) is 6.11. The van der Waals surface area contributed by atoms with Gasteiger partial charge in [0, 0.05) is 12.1 Å². The summed E-state index contributed by atoms with van der Waals surface area (Å²) in [7, 11) is 0. The van der Waals surface area contributed by atoms with Crippen LogP contribution < -0.4 is 4.74 Å². The minimum absolute atomic E-state index is 0.0393. The highest BCUT2D eigenvalue weighted by atomic mass is 16.6. The highest BCUT2D eigenvalue weighted by Gasteiger charge is 2.16. The standard InChI is InChI=1S/C19H21NO5/c1-13(2)17-9-4-5-10-18(17)24-12-19(21)25-14(3)15-7-6-8-16(11-15)20(22)23/h4-11,13-14H,12H2,1-3H3/t14-/m0/s1. The van der Waals surface area contributed by atoms with Crippen molar-refractivity contribution >= 4 is 11.7 Å². The maximum absolute atomic E-state index is 12.0. The molecule has 0 aliphatic heterocycles. The summed E-state index contributed by atoms with van der Waals surface area (Å²) in [4.78, 5) is 22.4. The predicted molar refractivity (Wildman–Crippen MR) is 93.6 cm³/mol. The summed E-state index contributed by atoms with van der Waals surface area (Å²) in [6.45, 7) is 5.54. The number of benzene rings is 2. The van der Waals surface area contributed by atoms with Crippen molar-refractivity contribution in [1.82, 2.24) is 0 Å². The number of para-hydroxylation sites is 1. The molecule has 0 heterocycles. The number of ether oxygens (including phenoxy) is 2. The number of non-ortho nitro benzene ring substituents is 1. The van der Waals surface area contributed by atoms with Gasteiger partial charge in [0.1, 0.15) is 11.9 Å². The number of carbonyl (C=O) groups excluding carboxylic acids is 1. The molecule has 2 aromatic rings. The molecule has 0 saturated carbocycles. The SMILES string of the molecule is CC(C)c1ccccc1OCC(=O)O[C@@H](C)c1cccc([N+](=O)[O-])c1. The Morgan fingerprint density at radius 1 is 1.12 bits per heavy atom. The van der Waals surface area contributed by atoms with E-state index in [-0.39, 0.29) is 18.2 Å². The largest absolute Gasteiger partial charge is 0.482 e. The van der Waals surface area contributed by atoms with E-state index in [0.29, 0.717) is 11.3 Å². The molecule has 0 aliphatic carbocycles. The van der Waals surface area contributed by atoms with Gasteiger partial charge in [-0.1, -0.05) is 44.2 Å². The van der Waals surface area contributed by atoms with E-state index in [0.717, 1.165) is 5.56 Å². The van der Waals surface area contributed by atoms with E-state index in [4.69, 9.17) is 9.47 Å². The van der Waals surface area contributed by atoms with E-state index in [1.54, 1.807) is 19.1 Å². The van der Waals surface area contributed by atoms with Crippen LogP contribution in [0.15, 0.2) is 48.5 Å². The number of nitrogens with zero attached hydrogens (tertiary/aromatic N) is 1. The van der Waals surface area contributed by atoms with Gasteiger partial charge in [0.2, 0.25) is 0 Å². The Balaban J connectivity index is 1.96. The van der Waals surface area contributed by atoms with Gasteiger partial charge in [-0.25, -0.2) is 4.79 Å². The predicted octanol–water partition coefficient (Wildman–Crippen LogP) is 4.40. The molecule has 6 nitrogen and oxygen atoms in total. The Bertz CT molecular complexity index is 757. The van der Waals surface area contributed by atoms with Crippen LogP contribution in [0.2, 0.25) is 0 Å². The molecule has 25 heavy (non-hydrogen) atoms. The van der Waals surface area contributed by atoms with Crippen molar-refractivity contribution in [2.45, 2.75) is 32.8 Å².